The van der Waals surface area contributed by atoms with Crippen molar-refractivity contribution in [3.05, 3.63) is 16.6 Å². The van der Waals surface area contributed by atoms with Crippen LogP contribution in [0.1, 0.15) is 12.8 Å². The van der Waals surface area contributed by atoms with Crippen molar-refractivity contribution in [2.75, 3.05) is 0 Å². The van der Waals surface area contributed by atoms with E-state index in [1.54, 1.807) is 7.05 Å². The van der Waals surface area contributed by atoms with E-state index in [-0.39, 0.29) is 5.56 Å². The second kappa shape index (κ2) is 4.58. The fourth-order valence-electron chi connectivity index (χ4n) is 1.53. The lowest BCUT2D eigenvalue weighted by Crippen LogP contribution is -2.25. The first-order valence-corrected chi connectivity index (χ1v) is 5.54. The fraction of sp³-hybridized carbons (Fsp3) is 0.444. The summed E-state index contributed by atoms with van der Waals surface area (Å²) in [6, 6.07) is 0. The Morgan fingerprint density at radius 2 is 2.35 bits per heavy atom. The van der Waals surface area contributed by atoms with Gasteiger partial charge in [0.2, 0.25) is 0 Å². The highest BCUT2D eigenvalue weighted by atomic mass is 32.1. The Morgan fingerprint density at radius 3 is 3.06 bits per heavy atom. The minimum absolute atomic E-state index is 0.189. The number of fused-ring (bicyclic) bond motifs is 1. The van der Waals surface area contributed by atoms with Gasteiger partial charge in [-0.3, -0.25) is 4.79 Å². The third-order valence-corrected chi connectivity index (χ3v) is 2.62. The summed E-state index contributed by atoms with van der Waals surface area (Å²) in [4.78, 5) is 12.4. The molecule has 0 fully saturated rings. The average molecular weight is 252 g/mol. The van der Waals surface area contributed by atoms with Gasteiger partial charge in [0.1, 0.15) is 5.39 Å². The molecule has 0 bridgehead atoms. The zero-order chi connectivity index (χ0) is 12.4. The van der Waals surface area contributed by atoms with Gasteiger partial charge in [0.25, 0.3) is 5.56 Å². The van der Waals surface area contributed by atoms with Crippen LogP contribution >= 0.6 is 12.2 Å². The van der Waals surface area contributed by atoms with Crippen LogP contribution < -0.4 is 11.3 Å². The summed E-state index contributed by atoms with van der Waals surface area (Å²) in [5.74, 6) is 0. The normalized spacial score (nSPS) is 10.9. The van der Waals surface area contributed by atoms with E-state index < -0.39 is 0 Å². The molecule has 7 nitrogen and oxygen atoms in total. The number of aryl methyl sites for hydroxylation is 2. The van der Waals surface area contributed by atoms with E-state index in [0.717, 1.165) is 0 Å². The van der Waals surface area contributed by atoms with Gasteiger partial charge < -0.3 is 5.73 Å². The van der Waals surface area contributed by atoms with E-state index in [1.165, 1.54) is 15.6 Å². The highest BCUT2D eigenvalue weighted by Crippen LogP contribution is 2.02. The summed E-state index contributed by atoms with van der Waals surface area (Å²) in [5.41, 5.74) is 5.68. The van der Waals surface area contributed by atoms with Crippen molar-refractivity contribution in [1.82, 2.24) is 24.8 Å². The van der Waals surface area contributed by atoms with Crippen LogP contribution in [0.3, 0.4) is 0 Å². The lowest BCUT2D eigenvalue weighted by molar-refractivity contribution is 0.530. The molecular weight excluding hydrogens is 240 g/mol. The van der Waals surface area contributed by atoms with Crippen molar-refractivity contribution in [1.29, 1.82) is 0 Å². The van der Waals surface area contributed by atoms with Gasteiger partial charge in [-0.2, -0.15) is 5.10 Å². The molecule has 2 rings (SSSR count). The standard InChI is InChI=1S/C9H12N6OS/c1-14-8-6(5-11-14)9(16)15(13-12-8)4-2-3-7(10)17/h5H,2-4H2,1H3,(H2,10,17). The van der Waals surface area contributed by atoms with Crippen LogP contribution in [0.2, 0.25) is 0 Å². The van der Waals surface area contributed by atoms with Crippen molar-refractivity contribution in [3.8, 4) is 0 Å². The number of rotatable bonds is 4. The highest BCUT2D eigenvalue weighted by molar-refractivity contribution is 7.80. The average Bonchev–Trinajstić information content (AvgIpc) is 2.64. The van der Waals surface area contributed by atoms with E-state index in [0.29, 0.717) is 35.4 Å². The molecule has 0 atom stereocenters. The van der Waals surface area contributed by atoms with Gasteiger partial charge in [0.15, 0.2) is 5.65 Å². The first-order chi connectivity index (χ1) is 8.09. The lowest BCUT2D eigenvalue weighted by atomic mass is 10.3. The van der Waals surface area contributed by atoms with Gasteiger partial charge in [0, 0.05) is 13.6 Å². The molecular formula is C9H12N6OS. The van der Waals surface area contributed by atoms with E-state index in [2.05, 4.69) is 15.4 Å². The Balaban J connectivity index is 2.27. The molecule has 90 valence electrons. The van der Waals surface area contributed by atoms with E-state index in [9.17, 15) is 4.79 Å². The van der Waals surface area contributed by atoms with Crippen LogP contribution in [-0.4, -0.2) is 29.8 Å². The molecule has 2 N–H and O–H groups in total. The second-order valence-corrected chi connectivity index (χ2v) is 4.22. The second-order valence-electron chi connectivity index (χ2n) is 3.69. The molecule has 0 aromatic carbocycles. The van der Waals surface area contributed by atoms with Gasteiger partial charge in [-0.05, 0) is 12.8 Å². The van der Waals surface area contributed by atoms with Crippen LogP contribution in [-0.2, 0) is 13.6 Å². The van der Waals surface area contributed by atoms with Crippen LogP contribution in [0.15, 0.2) is 11.0 Å². The maximum absolute atomic E-state index is 12.0. The largest absolute Gasteiger partial charge is 0.393 e. The minimum atomic E-state index is -0.189. The van der Waals surface area contributed by atoms with Gasteiger partial charge >= 0.3 is 0 Å². The zero-order valence-corrected chi connectivity index (χ0v) is 10.1. The Bertz CT molecular complexity index is 615. The summed E-state index contributed by atoms with van der Waals surface area (Å²) in [6.45, 7) is 0.452. The molecule has 0 aliphatic carbocycles. The lowest BCUT2D eigenvalue weighted by Gasteiger charge is -2.02. The number of nitrogens with zero attached hydrogens (tertiary/aromatic N) is 5. The third-order valence-electron chi connectivity index (χ3n) is 2.41. The maximum atomic E-state index is 12.0. The van der Waals surface area contributed by atoms with Crippen molar-refractivity contribution in [2.24, 2.45) is 12.8 Å². The fourth-order valence-corrected chi connectivity index (χ4v) is 1.67. The predicted octanol–water partition coefficient (Wildman–Crippen LogP) is -0.409. The summed E-state index contributed by atoms with van der Waals surface area (Å²) in [6.07, 6.45) is 2.76. The van der Waals surface area contributed by atoms with Crippen molar-refractivity contribution in [3.63, 3.8) is 0 Å². The number of nitrogens with two attached hydrogens (primary N) is 1. The van der Waals surface area contributed by atoms with Gasteiger partial charge in [-0.1, -0.05) is 17.4 Å². The smallest absolute Gasteiger partial charge is 0.280 e. The first-order valence-electron chi connectivity index (χ1n) is 5.13. The Hall–Kier alpha value is -1.83. The number of hydrogen-bond donors (Lipinski definition) is 1. The summed E-state index contributed by atoms with van der Waals surface area (Å²) < 4.78 is 2.82. The van der Waals surface area contributed by atoms with Crippen molar-refractivity contribution in [2.45, 2.75) is 19.4 Å². The number of thiocarbonyl (C=S) groups is 1. The van der Waals surface area contributed by atoms with E-state index in [1.807, 2.05) is 0 Å². The maximum Gasteiger partial charge on any atom is 0.280 e. The van der Waals surface area contributed by atoms with Gasteiger partial charge in [-0.15, -0.1) is 5.10 Å². The number of hydrogen-bond acceptors (Lipinski definition) is 5. The monoisotopic (exact) mass is 252 g/mol. The molecule has 0 radical (unpaired) electrons. The van der Waals surface area contributed by atoms with Crippen LogP contribution in [0.5, 0.6) is 0 Å². The molecule has 0 unspecified atom stereocenters. The molecule has 0 saturated carbocycles. The minimum Gasteiger partial charge on any atom is -0.393 e. The Labute approximate surface area is 102 Å². The Kier molecular flexibility index (Phi) is 3.14. The molecule has 0 aliphatic rings. The van der Waals surface area contributed by atoms with Crippen molar-refractivity contribution >= 4 is 28.2 Å². The Morgan fingerprint density at radius 1 is 1.59 bits per heavy atom. The highest BCUT2D eigenvalue weighted by Gasteiger charge is 2.08. The number of aromatic nitrogens is 5. The van der Waals surface area contributed by atoms with Crippen LogP contribution in [0.4, 0.5) is 0 Å². The van der Waals surface area contributed by atoms with Gasteiger partial charge in [-0.25, -0.2) is 9.36 Å². The van der Waals surface area contributed by atoms with E-state index in [4.69, 9.17) is 18.0 Å². The summed E-state index contributed by atoms with van der Waals surface area (Å²) in [7, 11) is 1.72. The van der Waals surface area contributed by atoms with Crippen LogP contribution in [0.25, 0.3) is 11.0 Å². The molecule has 2 aromatic heterocycles. The third kappa shape index (κ3) is 2.31. The SMILES string of the molecule is Cn1ncc2c(=O)n(CCCC(N)=S)nnc21. The van der Waals surface area contributed by atoms with Gasteiger partial charge in [0.05, 0.1) is 11.2 Å². The van der Waals surface area contributed by atoms with Crippen LogP contribution in [0, 0.1) is 0 Å². The van der Waals surface area contributed by atoms with Crippen molar-refractivity contribution < 1.29 is 0 Å². The molecule has 0 aliphatic heterocycles. The molecule has 2 aromatic rings. The molecule has 0 spiro atoms. The zero-order valence-electron chi connectivity index (χ0n) is 9.33. The first kappa shape index (κ1) is 11.6. The molecule has 8 heteroatoms. The molecule has 2 heterocycles. The summed E-state index contributed by atoms with van der Waals surface area (Å²) >= 11 is 4.77. The van der Waals surface area contributed by atoms with E-state index >= 15 is 0 Å². The molecule has 17 heavy (non-hydrogen) atoms. The quantitative estimate of drug-likeness (QED) is 0.744. The predicted molar refractivity (Wildman–Crippen MR) is 66.6 cm³/mol. The topological polar surface area (TPSA) is 91.6 Å². The molecule has 0 saturated heterocycles. The molecule has 0 amide bonds. The summed E-state index contributed by atoms with van der Waals surface area (Å²) in [5, 5.41) is 12.2.